The smallest absolute Gasteiger partial charge is 0.195 e. The Morgan fingerprint density at radius 3 is 2.56 bits per heavy atom. The average Bonchev–Trinajstić information content (AvgIpc) is 2.69. The number of H-pyrrole nitrogens is 1. The van der Waals surface area contributed by atoms with Crippen molar-refractivity contribution in [1.82, 2.24) is 24.3 Å². The summed E-state index contributed by atoms with van der Waals surface area (Å²) in [5.41, 5.74) is 0.839. The summed E-state index contributed by atoms with van der Waals surface area (Å²) in [6, 6.07) is 0. The summed E-state index contributed by atoms with van der Waals surface area (Å²) in [4.78, 5) is 4.09. The fourth-order valence-corrected chi connectivity index (χ4v) is 2.07. The van der Waals surface area contributed by atoms with Gasteiger partial charge >= 0.3 is 0 Å². The maximum Gasteiger partial charge on any atom is 0.195 e. The van der Waals surface area contributed by atoms with Crippen molar-refractivity contribution in [2.75, 3.05) is 0 Å². The summed E-state index contributed by atoms with van der Waals surface area (Å²) < 4.78 is 4.55. The molecule has 0 saturated carbocycles. The molecule has 5 nitrogen and oxygen atoms in total. The Morgan fingerprint density at radius 2 is 2.06 bits per heavy atom. The van der Waals surface area contributed by atoms with E-state index in [0.717, 1.165) is 11.5 Å². The highest BCUT2D eigenvalue weighted by molar-refractivity contribution is 7.71. The van der Waals surface area contributed by atoms with Gasteiger partial charge in [-0.05, 0) is 33.0 Å². The first kappa shape index (κ1) is 11.1. The third-order valence-electron chi connectivity index (χ3n) is 2.39. The Bertz CT molecular complexity index is 554. The number of aromatic amines is 1. The lowest BCUT2D eigenvalue weighted by Gasteiger charge is -2.22. The minimum Gasteiger partial charge on any atom is -0.331 e. The Kier molecular flexibility index (Phi) is 2.46. The zero-order valence-electron chi connectivity index (χ0n) is 9.85. The molecule has 6 heteroatoms. The van der Waals surface area contributed by atoms with Crippen LogP contribution < -0.4 is 0 Å². The van der Waals surface area contributed by atoms with E-state index < -0.39 is 0 Å². The lowest BCUT2D eigenvalue weighted by molar-refractivity contribution is 0.394. The van der Waals surface area contributed by atoms with Crippen LogP contribution in [0.3, 0.4) is 0 Å². The number of rotatable bonds is 1. The Hall–Kier alpha value is -1.43. The molecule has 0 saturated heterocycles. The van der Waals surface area contributed by atoms with Crippen LogP contribution in [0.2, 0.25) is 0 Å². The van der Waals surface area contributed by atoms with Crippen molar-refractivity contribution in [3.63, 3.8) is 0 Å². The number of aromatic nitrogens is 5. The Labute approximate surface area is 99.1 Å². The van der Waals surface area contributed by atoms with E-state index in [0.29, 0.717) is 4.77 Å². The molecule has 0 aliphatic rings. The zero-order chi connectivity index (χ0) is 11.9. The summed E-state index contributed by atoms with van der Waals surface area (Å²) in [6.07, 6.45) is 3.53. The molecule has 16 heavy (non-hydrogen) atoms. The fourth-order valence-electron chi connectivity index (χ4n) is 1.66. The van der Waals surface area contributed by atoms with Gasteiger partial charge in [-0.2, -0.15) is 5.10 Å². The highest BCUT2D eigenvalue weighted by atomic mass is 32.1. The first-order valence-electron chi connectivity index (χ1n) is 5.06. The molecule has 0 radical (unpaired) electrons. The molecule has 1 N–H and O–H groups in total. The van der Waals surface area contributed by atoms with Crippen LogP contribution in [0, 0.1) is 4.77 Å². The van der Waals surface area contributed by atoms with Crippen LogP contribution in [-0.2, 0) is 12.6 Å². The zero-order valence-corrected chi connectivity index (χ0v) is 10.7. The first-order chi connectivity index (χ1) is 7.41. The molecule has 0 aromatic carbocycles. The number of nitrogens with one attached hydrogen (secondary N) is 1. The Morgan fingerprint density at radius 1 is 1.38 bits per heavy atom. The van der Waals surface area contributed by atoms with Crippen molar-refractivity contribution in [3.8, 4) is 11.5 Å². The van der Waals surface area contributed by atoms with Gasteiger partial charge in [0.05, 0.1) is 12.5 Å². The quantitative estimate of drug-likeness (QED) is 0.773. The maximum absolute atomic E-state index is 5.25. The highest BCUT2D eigenvalue weighted by Crippen LogP contribution is 2.23. The molecule has 0 spiro atoms. The molecule has 0 aliphatic heterocycles. The maximum atomic E-state index is 5.25. The van der Waals surface area contributed by atoms with Gasteiger partial charge in [-0.15, -0.1) is 0 Å². The number of nitrogens with zero attached hydrogens (tertiary/aromatic N) is 4. The standard InChI is InChI=1S/C10H15N5S/c1-10(2,3)15-8(12-13-9(15)16)7-5-11-6-14(7)4/h5-6H,1-4H3,(H,13,16). The molecule has 0 amide bonds. The SMILES string of the molecule is Cn1cncc1-c1n[nH]c(=S)n1C(C)(C)C. The third-order valence-corrected chi connectivity index (χ3v) is 2.66. The fraction of sp³-hybridized carbons (Fsp3) is 0.500. The second-order valence-corrected chi connectivity index (χ2v) is 5.14. The number of imidazole rings is 1. The number of hydrogen-bond acceptors (Lipinski definition) is 3. The van der Waals surface area contributed by atoms with Crippen molar-refractivity contribution in [1.29, 1.82) is 0 Å². The molecule has 0 aliphatic carbocycles. The van der Waals surface area contributed by atoms with Crippen LogP contribution in [0.4, 0.5) is 0 Å². The van der Waals surface area contributed by atoms with Gasteiger partial charge in [-0.25, -0.2) is 4.98 Å². The first-order valence-corrected chi connectivity index (χ1v) is 5.46. The van der Waals surface area contributed by atoms with Gasteiger partial charge in [0.1, 0.15) is 5.69 Å². The van der Waals surface area contributed by atoms with Crippen molar-refractivity contribution >= 4 is 12.2 Å². The van der Waals surface area contributed by atoms with E-state index in [4.69, 9.17) is 12.2 Å². The molecule has 0 atom stereocenters. The minimum atomic E-state index is -0.107. The van der Waals surface area contributed by atoms with Crippen molar-refractivity contribution in [3.05, 3.63) is 17.3 Å². The van der Waals surface area contributed by atoms with E-state index in [1.54, 1.807) is 12.5 Å². The van der Waals surface area contributed by atoms with Crippen LogP contribution in [-0.4, -0.2) is 24.3 Å². The van der Waals surface area contributed by atoms with E-state index >= 15 is 0 Å². The summed E-state index contributed by atoms with van der Waals surface area (Å²) >= 11 is 5.25. The molecule has 86 valence electrons. The van der Waals surface area contributed by atoms with Crippen LogP contribution in [0.1, 0.15) is 20.8 Å². The van der Waals surface area contributed by atoms with Crippen molar-refractivity contribution < 1.29 is 0 Å². The van der Waals surface area contributed by atoms with E-state index in [1.165, 1.54) is 0 Å². The van der Waals surface area contributed by atoms with E-state index in [9.17, 15) is 0 Å². The predicted molar refractivity (Wildman–Crippen MR) is 64.6 cm³/mol. The lowest BCUT2D eigenvalue weighted by atomic mass is 10.1. The molecule has 2 aromatic heterocycles. The summed E-state index contributed by atoms with van der Waals surface area (Å²) in [5, 5.41) is 7.10. The van der Waals surface area contributed by atoms with Crippen LogP contribution in [0.15, 0.2) is 12.5 Å². The van der Waals surface area contributed by atoms with Gasteiger partial charge < -0.3 is 4.57 Å². The molecule has 0 unspecified atom stereocenters. The molecule has 0 fully saturated rings. The predicted octanol–water partition coefficient (Wildman–Crippen LogP) is 2.10. The Balaban J connectivity index is 2.69. The largest absolute Gasteiger partial charge is 0.331 e. The molecule has 2 aromatic rings. The van der Waals surface area contributed by atoms with Crippen molar-refractivity contribution in [2.45, 2.75) is 26.3 Å². The molecular weight excluding hydrogens is 222 g/mol. The van der Waals surface area contributed by atoms with Crippen LogP contribution in [0.5, 0.6) is 0 Å². The average molecular weight is 237 g/mol. The van der Waals surface area contributed by atoms with E-state index in [2.05, 4.69) is 36.0 Å². The van der Waals surface area contributed by atoms with Gasteiger partial charge in [0, 0.05) is 12.6 Å². The van der Waals surface area contributed by atoms with Crippen LogP contribution >= 0.6 is 12.2 Å². The highest BCUT2D eigenvalue weighted by Gasteiger charge is 2.21. The summed E-state index contributed by atoms with van der Waals surface area (Å²) in [6.45, 7) is 6.29. The monoisotopic (exact) mass is 237 g/mol. The van der Waals surface area contributed by atoms with Gasteiger partial charge in [-0.3, -0.25) is 9.67 Å². The second-order valence-electron chi connectivity index (χ2n) is 4.75. The van der Waals surface area contributed by atoms with Gasteiger partial charge in [0.15, 0.2) is 10.6 Å². The summed E-state index contributed by atoms with van der Waals surface area (Å²) in [5.74, 6) is 0.817. The molecule has 0 bridgehead atoms. The lowest BCUT2D eigenvalue weighted by Crippen LogP contribution is -2.23. The minimum absolute atomic E-state index is 0.107. The van der Waals surface area contributed by atoms with E-state index in [-0.39, 0.29) is 5.54 Å². The molecule has 2 heterocycles. The summed E-state index contributed by atoms with van der Waals surface area (Å²) in [7, 11) is 1.94. The van der Waals surface area contributed by atoms with Crippen LogP contribution in [0.25, 0.3) is 11.5 Å². The number of hydrogen-bond donors (Lipinski definition) is 1. The van der Waals surface area contributed by atoms with Crippen molar-refractivity contribution in [2.24, 2.45) is 7.05 Å². The normalized spacial score (nSPS) is 12.0. The second kappa shape index (κ2) is 3.55. The van der Waals surface area contributed by atoms with Gasteiger partial charge in [0.25, 0.3) is 0 Å². The third kappa shape index (κ3) is 1.69. The molecule has 2 rings (SSSR count). The topological polar surface area (TPSA) is 51.4 Å². The van der Waals surface area contributed by atoms with Gasteiger partial charge in [-0.1, -0.05) is 0 Å². The number of aryl methyl sites for hydroxylation is 1. The van der Waals surface area contributed by atoms with Gasteiger partial charge in [0.2, 0.25) is 0 Å². The van der Waals surface area contributed by atoms with E-state index in [1.807, 2.05) is 16.2 Å². The molecular formula is C10H15N5S.